The SMILES string of the molecule is C[S+](=O)(CC(=O)c1ccc(C(Cl)(Cl)Cl)cc1)c1ccccc1.FC(F)(F)c1ccc([B-](c2ccc(C(F)(F)F)cc2)(c2ccc(C(F)(F)F)cc2)c2ccc(C(F)(F)F)cc2)cc1. The van der Waals surface area contributed by atoms with Gasteiger partial charge < -0.3 is 0 Å². The summed E-state index contributed by atoms with van der Waals surface area (Å²) < 4.78 is 171. The summed E-state index contributed by atoms with van der Waals surface area (Å²) in [5, 5.41) is 0. The summed E-state index contributed by atoms with van der Waals surface area (Å²) in [4.78, 5) is 13.0. The van der Waals surface area contributed by atoms with Crippen molar-refractivity contribution in [3.8, 4) is 0 Å². The molecule has 0 N–H and O–H groups in total. The Morgan fingerprint density at radius 2 is 0.714 bits per heavy atom. The Morgan fingerprint density at radius 1 is 0.444 bits per heavy atom. The molecule has 0 radical (unpaired) electrons. The molecule has 6 aromatic rings. The maximum Gasteiger partial charge on any atom is 0.416 e. The van der Waals surface area contributed by atoms with Crippen LogP contribution in [-0.2, 0) is 42.6 Å². The summed E-state index contributed by atoms with van der Waals surface area (Å²) in [6, 6.07) is 28.9. The maximum absolute atomic E-state index is 13.3. The molecule has 0 heterocycles. The Hall–Kier alpha value is -4.77. The van der Waals surface area contributed by atoms with Crippen LogP contribution in [0.25, 0.3) is 0 Å². The predicted molar refractivity (Wildman–Crippen MR) is 224 cm³/mol. The molecule has 0 aromatic heterocycles. The summed E-state index contributed by atoms with van der Waals surface area (Å²) in [5.74, 6) is -0.253. The Balaban J connectivity index is 0.000000286. The Labute approximate surface area is 369 Å². The Bertz CT molecular complexity index is 2300. The summed E-state index contributed by atoms with van der Waals surface area (Å²) in [7, 11) is -2.42. The molecule has 0 aliphatic heterocycles. The number of hydrogen-bond acceptors (Lipinski definition) is 2. The summed E-state index contributed by atoms with van der Waals surface area (Å²) >= 11 is 17.3. The van der Waals surface area contributed by atoms with E-state index >= 15 is 0 Å². The fourth-order valence-electron chi connectivity index (χ4n) is 6.97. The van der Waals surface area contributed by atoms with Gasteiger partial charge in [0.25, 0.3) is 0 Å². The molecule has 6 rings (SSSR count). The van der Waals surface area contributed by atoms with Crippen LogP contribution in [0.1, 0.15) is 38.2 Å². The molecular weight excluding hydrogens is 938 g/mol. The van der Waals surface area contributed by atoms with Crippen LogP contribution in [0.3, 0.4) is 0 Å². The third-order valence-corrected chi connectivity index (χ3v) is 12.9. The molecule has 63 heavy (non-hydrogen) atoms. The van der Waals surface area contributed by atoms with Gasteiger partial charge in [-0.3, -0.25) is 4.79 Å². The van der Waals surface area contributed by atoms with Gasteiger partial charge in [0.1, 0.15) is 22.3 Å². The minimum atomic E-state index is -4.77. The van der Waals surface area contributed by atoms with Gasteiger partial charge in [0, 0.05) is 11.1 Å². The van der Waals surface area contributed by atoms with Crippen LogP contribution in [0.2, 0.25) is 0 Å². The van der Waals surface area contributed by atoms with Gasteiger partial charge in [-0.05, 0) is 12.1 Å². The van der Waals surface area contributed by atoms with E-state index in [9.17, 15) is 61.7 Å². The normalized spacial score (nSPS) is 13.7. The van der Waals surface area contributed by atoms with Gasteiger partial charge in [-0.15, -0.1) is 0 Å². The maximum atomic E-state index is 13.3. The van der Waals surface area contributed by atoms with Crippen LogP contribution in [0.4, 0.5) is 52.7 Å². The molecule has 0 aliphatic rings. The second kappa shape index (κ2) is 18.4. The molecule has 0 saturated carbocycles. The van der Waals surface area contributed by atoms with E-state index in [0.717, 1.165) is 48.5 Å². The highest BCUT2D eigenvalue weighted by Gasteiger charge is 2.38. The Morgan fingerprint density at radius 3 is 0.968 bits per heavy atom. The highest BCUT2D eigenvalue weighted by molar-refractivity contribution is 8.03. The van der Waals surface area contributed by atoms with Crippen LogP contribution in [0.5, 0.6) is 0 Å². The second-order valence-electron chi connectivity index (χ2n) is 14.3. The smallest absolute Gasteiger partial charge is 0.289 e. The molecule has 0 amide bonds. The van der Waals surface area contributed by atoms with Crippen molar-refractivity contribution in [3.63, 3.8) is 0 Å². The van der Waals surface area contributed by atoms with Crippen molar-refractivity contribution < 1.29 is 61.7 Å². The van der Waals surface area contributed by atoms with Gasteiger partial charge in [0.15, 0.2) is 10.6 Å². The van der Waals surface area contributed by atoms with Crippen molar-refractivity contribution in [1.29, 1.82) is 0 Å². The van der Waals surface area contributed by atoms with E-state index in [-0.39, 0.29) is 33.4 Å². The zero-order valence-electron chi connectivity index (χ0n) is 32.1. The lowest BCUT2D eigenvalue weighted by molar-refractivity contribution is -0.138. The average Bonchev–Trinajstić information content (AvgIpc) is 3.21. The van der Waals surface area contributed by atoms with Crippen molar-refractivity contribution in [2.45, 2.75) is 33.4 Å². The number of rotatable bonds is 8. The van der Waals surface area contributed by atoms with E-state index in [0.29, 0.717) is 64.6 Å². The topological polar surface area (TPSA) is 34.1 Å². The fourth-order valence-corrected chi connectivity index (χ4v) is 8.91. The molecule has 2 nitrogen and oxygen atoms in total. The van der Waals surface area contributed by atoms with Crippen LogP contribution < -0.4 is 21.9 Å². The molecule has 1 atom stereocenters. The Kier molecular flexibility index (Phi) is 14.4. The number of benzene rings is 6. The third kappa shape index (κ3) is 11.7. The molecule has 0 bridgehead atoms. The average molecular weight is 968 g/mol. The summed E-state index contributed by atoms with van der Waals surface area (Å²) in [6.45, 7) is 0. The second-order valence-corrected chi connectivity index (χ2v) is 19.4. The fraction of sp³-hybridized carbons (Fsp3) is 0.159. The molecule has 0 aliphatic carbocycles. The molecule has 332 valence electrons. The van der Waals surface area contributed by atoms with Gasteiger partial charge in [-0.1, -0.05) is 179 Å². The molecule has 6 aromatic carbocycles. The largest absolute Gasteiger partial charge is 0.416 e. The van der Waals surface area contributed by atoms with E-state index in [1.807, 2.05) is 6.07 Å². The van der Waals surface area contributed by atoms with Crippen LogP contribution in [-0.4, -0.2) is 23.9 Å². The number of hydrogen-bond donors (Lipinski definition) is 0. The number of alkyl halides is 15. The highest BCUT2D eigenvalue weighted by atomic mass is 35.6. The van der Waals surface area contributed by atoms with E-state index in [2.05, 4.69) is 0 Å². The zero-order chi connectivity index (χ0) is 46.8. The minimum absolute atomic E-state index is 0.0114. The highest BCUT2D eigenvalue weighted by Crippen LogP contribution is 2.38. The van der Waals surface area contributed by atoms with Crippen LogP contribution in [0, 0.1) is 0 Å². The van der Waals surface area contributed by atoms with Gasteiger partial charge in [-0.25, -0.2) is 0 Å². The first-order valence-electron chi connectivity index (χ1n) is 18.1. The van der Waals surface area contributed by atoms with Crippen molar-refractivity contribution >= 4 is 78.5 Å². The summed E-state index contributed by atoms with van der Waals surface area (Å²) in [6.07, 6.45) is -20.4. The van der Waals surface area contributed by atoms with Crippen LogP contribution in [0.15, 0.2) is 157 Å². The number of carbonyl (C=O) groups excluding carboxylic acids is 1. The van der Waals surface area contributed by atoms with Crippen molar-refractivity contribution in [2.24, 2.45) is 0 Å². The van der Waals surface area contributed by atoms with Crippen LogP contribution >= 0.6 is 34.8 Å². The molecule has 1 unspecified atom stereocenters. The zero-order valence-corrected chi connectivity index (χ0v) is 35.2. The first-order valence-corrected chi connectivity index (χ1v) is 21.4. The van der Waals surface area contributed by atoms with E-state index in [4.69, 9.17) is 34.8 Å². The molecule has 0 fully saturated rings. The molecule has 0 saturated heterocycles. The number of halogens is 15. The van der Waals surface area contributed by atoms with Crippen molar-refractivity contribution in [3.05, 3.63) is 185 Å². The first-order chi connectivity index (χ1) is 29.0. The monoisotopic (exact) mass is 966 g/mol. The molecule has 19 heteroatoms. The minimum Gasteiger partial charge on any atom is -0.289 e. The lowest BCUT2D eigenvalue weighted by atomic mass is 9.13. The van der Waals surface area contributed by atoms with Gasteiger partial charge >= 0.3 is 24.7 Å². The number of carbonyl (C=O) groups is 1. The number of Topliss-reactive ketones (excluding diaryl/α,β-unsaturated/α-hetero) is 1. The van der Waals surface area contributed by atoms with Gasteiger partial charge in [-0.2, -0.15) is 74.5 Å². The molecule has 0 spiro atoms. The van der Waals surface area contributed by atoms with Crippen molar-refractivity contribution in [2.75, 3.05) is 12.0 Å². The quantitative estimate of drug-likeness (QED) is 0.0501. The lowest BCUT2D eigenvalue weighted by Crippen LogP contribution is -2.74. The van der Waals surface area contributed by atoms with Crippen molar-refractivity contribution in [1.82, 2.24) is 0 Å². The third-order valence-electron chi connectivity index (χ3n) is 10.1. The standard InChI is InChI=1S/C28H16BF12.C16H14Cl3O2S/c30-25(31,32)17-1-9-21(10-2-17)29(22-11-3-18(4-12-22)26(33,34)35,23-13-5-19(6-14-23)27(36,37)38)24-15-7-20(8-16-24)28(39,40)41;1-22(21,14-5-3-2-4-6-14)11-15(20)12-7-9-13(10-8-12)16(17,18)19/h1-16H;2-10H,11H2,1H3/q-1;+1. The van der Waals surface area contributed by atoms with E-state index in [1.54, 1.807) is 54.8 Å². The molecular formula is C44H30BCl3F12O2S. The predicted octanol–water partition coefficient (Wildman–Crippen LogP) is 12.0. The lowest BCUT2D eigenvalue weighted by Gasteiger charge is -2.44. The van der Waals surface area contributed by atoms with Gasteiger partial charge in [0.05, 0.1) is 22.3 Å². The summed E-state index contributed by atoms with van der Waals surface area (Å²) in [5.41, 5.74) is -3.37. The van der Waals surface area contributed by atoms with E-state index in [1.165, 1.54) is 0 Å². The van der Waals surface area contributed by atoms with E-state index < -0.39 is 66.8 Å². The number of ketones is 1. The van der Waals surface area contributed by atoms with Gasteiger partial charge in [0.2, 0.25) is 9.58 Å². The first kappa shape index (κ1) is 49.3.